The van der Waals surface area contributed by atoms with Crippen molar-refractivity contribution in [2.45, 2.75) is 18.7 Å². The summed E-state index contributed by atoms with van der Waals surface area (Å²) in [5, 5.41) is 14.1. The molecule has 212 valence electrons. The minimum atomic E-state index is -0.281. The molecule has 0 spiro atoms. The number of aromatic nitrogens is 3. The number of nitrogens with zero attached hydrogens (tertiary/aromatic N) is 4. The summed E-state index contributed by atoms with van der Waals surface area (Å²) in [6, 6.07) is 30.8. The van der Waals surface area contributed by atoms with E-state index < -0.39 is 0 Å². The first-order valence-corrected chi connectivity index (χ1v) is 14.4. The number of carbonyl (C=O) groups is 1. The van der Waals surface area contributed by atoms with Gasteiger partial charge >= 0.3 is 0 Å². The minimum absolute atomic E-state index is 0.0933. The lowest BCUT2D eigenvalue weighted by molar-refractivity contribution is -0.118. The minimum Gasteiger partial charge on any atom is -0.493 e. The standard InChI is InChI=1S/C32H28ClN5O3S/c1-22-8-15-27(16-9-22)38-31(25-11-13-26(33)14-12-25)36-37-32(38)42-21-30(39)35-34-19-24-10-17-28(40-2)29(18-24)41-20-23-6-4-3-5-7-23/h3-19H,20-21H2,1-2H3,(H,35,39). The first kappa shape index (κ1) is 28.9. The lowest BCUT2D eigenvalue weighted by Gasteiger charge is -2.11. The van der Waals surface area contributed by atoms with Crippen LogP contribution in [-0.4, -0.2) is 39.7 Å². The second-order valence-corrected chi connectivity index (χ2v) is 10.6. The molecule has 0 aliphatic rings. The third kappa shape index (κ3) is 7.37. The molecule has 1 aromatic heterocycles. The molecule has 0 aliphatic carbocycles. The molecule has 42 heavy (non-hydrogen) atoms. The Labute approximate surface area is 253 Å². The van der Waals surface area contributed by atoms with Crippen LogP contribution in [0.1, 0.15) is 16.7 Å². The fraction of sp³-hybridized carbons (Fsp3) is 0.125. The summed E-state index contributed by atoms with van der Waals surface area (Å²) in [4.78, 5) is 12.7. The Morgan fingerprint density at radius 1 is 0.976 bits per heavy atom. The van der Waals surface area contributed by atoms with Gasteiger partial charge in [0.05, 0.1) is 19.1 Å². The molecule has 0 unspecified atom stereocenters. The number of nitrogens with one attached hydrogen (secondary N) is 1. The van der Waals surface area contributed by atoms with Crippen molar-refractivity contribution in [2.24, 2.45) is 5.10 Å². The fourth-order valence-electron chi connectivity index (χ4n) is 4.04. The third-order valence-electron chi connectivity index (χ3n) is 6.19. The van der Waals surface area contributed by atoms with Crippen LogP contribution >= 0.6 is 23.4 Å². The quantitative estimate of drug-likeness (QED) is 0.103. The second-order valence-electron chi connectivity index (χ2n) is 9.25. The van der Waals surface area contributed by atoms with Gasteiger partial charge in [-0.05, 0) is 72.6 Å². The zero-order valence-electron chi connectivity index (χ0n) is 23.0. The lowest BCUT2D eigenvalue weighted by Crippen LogP contribution is -2.20. The molecule has 5 rings (SSSR count). The zero-order chi connectivity index (χ0) is 29.3. The monoisotopic (exact) mass is 597 g/mol. The molecule has 0 radical (unpaired) electrons. The van der Waals surface area contributed by atoms with Crippen molar-refractivity contribution in [3.63, 3.8) is 0 Å². The number of amides is 1. The highest BCUT2D eigenvalue weighted by Gasteiger charge is 2.17. The van der Waals surface area contributed by atoms with Gasteiger partial charge < -0.3 is 9.47 Å². The molecule has 5 aromatic rings. The molecule has 10 heteroatoms. The highest BCUT2D eigenvalue weighted by Crippen LogP contribution is 2.30. The maximum absolute atomic E-state index is 12.7. The van der Waals surface area contributed by atoms with Crippen molar-refractivity contribution in [3.05, 3.63) is 119 Å². The average Bonchev–Trinajstić information content (AvgIpc) is 3.44. The predicted molar refractivity (Wildman–Crippen MR) is 167 cm³/mol. The van der Waals surface area contributed by atoms with Crippen LogP contribution in [0.2, 0.25) is 5.02 Å². The Morgan fingerprint density at radius 3 is 2.48 bits per heavy atom. The highest BCUT2D eigenvalue weighted by atomic mass is 35.5. The molecular formula is C32H28ClN5O3S. The summed E-state index contributed by atoms with van der Waals surface area (Å²) in [5.74, 6) is 1.66. The molecule has 0 atom stereocenters. The Balaban J connectivity index is 1.24. The zero-order valence-corrected chi connectivity index (χ0v) is 24.6. The van der Waals surface area contributed by atoms with Crippen LogP contribution in [0.25, 0.3) is 17.1 Å². The van der Waals surface area contributed by atoms with Gasteiger partial charge in [0, 0.05) is 16.3 Å². The van der Waals surface area contributed by atoms with E-state index in [1.807, 2.05) is 102 Å². The second kappa shape index (κ2) is 13.8. The van der Waals surface area contributed by atoms with Gasteiger partial charge in [-0.3, -0.25) is 9.36 Å². The van der Waals surface area contributed by atoms with Crippen LogP contribution in [0, 0.1) is 6.92 Å². The molecule has 0 bridgehead atoms. The number of benzene rings is 4. The van der Waals surface area contributed by atoms with Gasteiger partial charge in [0.25, 0.3) is 5.91 Å². The first-order chi connectivity index (χ1) is 20.5. The number of hydrazone groups is 1. The van der Waals surface area contributed by atoms with Gasteiger partial charge in [-0.2, -0.15) is 5.10 Å². The Kier molecular flexibility index (Phi) is 9.53. The van der Waals surface area contributed by atoms with Crippen molar-refractivity contribution in [2.75, 3.05) is 12.9 Å². The smallest absolute Gasteiger partial charge is 0.250 e. The number of halogens is 1. The summed E-state index contributed by atoms with van der Waals surface area (Å²) in [7, 11) is 1.59. The SMILES string of the molecule is COc1ccc(C=NNC(=O)CSc2nnc(-c3ccc(Cl)cc3)n2-c2ccc(C)cc2)cc1OCc1ccccc1. The first-order valence-electron chi connectivity index (χ1n) is 13.1. The van der Waals surface area contributed by atoms with Crippen molar-refractivity contribution >= 4 is 35.5 Å². The van der Waals surface area contributed by atoms with Crippen molar-refractivity contribution < 1.29 is 14.3 Å². The summed E-state index contributed by atoms with van der Waals surface area (Å²) < 4.78 is 13.3. The summed E-state index contributed by atoms with van der Waals surface area (Å²) in [5.41, 5.74) is 7.26. The molecule has 0 fully saturated rings. The van der Waals surface area contributed by atoms with E-state index in [1.165, 1.54) is 11.8 Å². The fourth-order valence-corrected chi connectivity index (χ4v) is 4.91. The molecule has 1 N–H and O–H groups in total. The van der Waals surface area contributed by atoms with Crippen molar-refractivity contribution in [1.29, 1.82) is 0 Å². The number of aryl methyl sites for hydroxylation is 1. The number of hydrogen-bond donors (Lipinski definition) is 1. The predicted octanol–water partition coefficient (Wildman–Crippen LogP) is 6.73. The van der Waals surface area contributed by atoms with E-state index in [4.69, 9.17) is 21.1 Å². The summed E-state index contributed by atoms with van der Waals surface area (Å²) in [6.45, 7) is 2.43. The van der Waals surface area contributed by atoms with E-state index in [-0.39, 0.29) is 11.7 Å². The molecule has 0 saturated heterocycles. The van der Waals surface area contributed by atoms with E-state index in [0.29, 0.717) is 34.1 Å². The number of thioether (sulfide) groups is 1. The van der Waals surface area contributed by atoms with E-state index in [0.717, 1.165) is 27.9 Å². The van der Waals surface area contributed by atoms with Crippen molar-refractivity contribution in [3.8, 4) is 28.6 Å². The van der Waals surface area contributed by atoms with Crippen LogP contribution in [0.3, 0.4) is 0 Å². The van der Waals surface area contributed by atoms with E-state index in [2.05, 4.69) is 20.7 Å². The normalized spacial score (nSPS) is 11.0. The van der Waals surface area contributed by atoms with E-state index in [1.54, 1.807) is 19.4 Å². The molecule has 1 heterocycles. The van der Waals surface area contributed by atoms with Gasteiger partial charge in [-0.25, -0.2) is 5.43 Å². The Hall–Kier alpha value is -4.60. The lowest BCUT2D eigenvalue weighted by atomic mass is 10.2. The number of rotatable bonds is 11. The van der Waals surface area contributed by atoms with Gasteiger partial charge in [0.15, 0.2) is 22.5 Å². The van der Waals surface area contributed by atoms with Crippen LogP contribution < -0.4 is 14.9 Å². The molecule has 8 nitrogen and oxygen atoms in total. The van der Waals surface area contributed by atoms with Crippen LogP contribution in [0.5, 0.6) is 11.5 Å². The summed E-state index contributed by atoms with van der Waals surface area (Å²) in [6.07, 6.45) is 1.56. The van der Waals surface area contributed by atoms with Gasteiger partial charge in [-0.15, -0.1) is 10.2 Å². The molecular weight excluding hydrogens is 570 g/mol. The molecule has 4 aromatic carbocycles. The molecule has 1 amide bonds. The van der Waals surface area contributed by atoms with E-state index in [9.17, 15) is 4.79 Å². The third-order valence-corrected chi connectivity index (χ3v) is 7.37. The highest BCUT2D eigenvalue weighted by molar-refractivity contribution is 7.99. The van der Waals surface area contributed by atoms with Crippen LogP contribution in [0.15, 0.2) is 107 Å². The number of hydrogen-bond acceptors (Lipinski definition) is 7. The van der Waals surface area contributed by atoms with E-state index >= 15 is 0 Å². The largest absolute Gasteiger partial charge is 0.493 e. The number of carbonyl (C=O) groups excluding carboxylic acids is 1. The van der Waals surface area contributed by atoms with Gasteiger partial charge in [0.1, 0.15) is 6.61 Å². The Bertz CT molecular complexity index is 1670. The summed E-state index contributed by atoms with van der Waals surface area (Å²) >= 11 is 7.36. The van der Waals surface area contributed by atoms with Gasteiger partial charge in [0.2, 0.25) is 0 Å². The molecule has 0 aliphatic heterocycles. The average molecular weight is 598 g/mol. The topological polar surface area (TPSA) is 90.6 Å². The Morgan fingerprint density at radius 2 is 1.74 bits per heavy atom. The van der Waals surface area contributed by atoms with Gasteiger partial charge in [-0.1, -0.05) is 71.4 Å². The number of methoxy groups -OCH3 is 1. The number of ether oxygens (including phenoxy) is 2. The van der Waals surface area contributed by atoms with Crippen LogP contribution in [-0.2, 0) is 11.4 Å². The maximum atomic E-state index is 12.7. The maximum Gasteiger partial charge on any atom is 0.250 e. The van der Waals surface area contributed by atoms with Crippen LogP contribution in [0.4, 0.5) is 0 Å². The van der Waals surface area contributed by atoms with Crippen molar-refractivity contribution in [1.82, 2.24) is 20.2 Å². The molecule has 0 saturated carbocycles.